The lowest BCUT2D eigenvalue weighted by Gasteiger charge is -2.04. The van der Waals surface area contributed by atoms with E-state index < -0.39 is 17.8 Å². The van der Waals surface area contributed by atoms with Crippen molar-refractivity contribution in [3.8, 4) is 0 Å². The van der Waals surface area contributed by atoms with Crippen LogP contribution in [0.15, 0.2) is 34.0 Å². The van der Waals surface area contributed by atoms with E-state index in [0.717, 1.165) is 21.4 Å². The van der Waals surface area contributed by atoms with E-state index in [-0.39, 0.29) is 10.8 Å². The lowest BCUT2D eigenvalue weighted by molar-refractivity contribution is 0.102. The Bertz CT molecular complexity index is 943. The van der Waals surface area contributed by atoms with Gasteiger partial charge in [0.15, 0.2) is 9.47 Å². The van der Waals surface area contributed by atoms with E-state index in [1.54, 1.807) is 0 Å². The van der Waals surface area contributed by atoms with Crippen LogP contribution in [0.25, 0.3) is 0 Å². The Morgan fingerprint density at radius 1 is 1.11 bits per heavy atom. The van der Waals surface area contributed by atoms with E-state index in [2.05, 4.69) is 31.1 Å². The van der Waals surface area contributed by atoms with Crippen LogP contribution in [0.1, 0.15) is 17.4 Å². The number of carbonyl (C=O) groups excluding carboxylic acids is 2. The zero-order valence-corrected chi connectivity index (χ0v) is 16.3. The first-order chi connectivity index (χ1) is 13.0. The van der Waals surface area contributed by atoms with E-state index in [9.17, 15) is 14.0 Å². The summed E-state index contributed by atoms with van der Waals surface area (Å²) in [6.07, 6.45) is 0. The largest absolute Gasteiger partial charge is 0.325 e. The summed E-state index contributed by atoms with van der Waals surface area (Å²) in [6, 6.07) is 4.79. The molecule has 8 nitrogen and oxygen atoms in total. The molecule has 2 aromatic heterocycles. The van der Waals surface area contributed by atoms with Gasteiger partial charge in [0.2, 0.25) is 5.13 Å². The fraction of sp³-hybridized carbons (Fsp3) is 0.133. The highest BCUT2D eigenvalue weighted by Gasteiger charge is 2.15. The Balaban J connectivity index is 1.55. The van der Waals surface area contributed by atoms with Crippen molar-refractivity contribution in [2.45, 2.75) is 11.3 Å². The normalized spacial score (nSPS) is 10.4. The Labute approximate surface area is 165 Å². The smallest absolute Gasteiger partial charge is 0.308 e. The van der Waals surface area contributed by atoms with E-state index >= 15 is 0 Å². The van der Waals surface area contributed by atoms with Crippen LogP contribution in [0.5, 0.6) is 0 Å². The second-order valence-electron chi connectivity index (χ2n) is 4.88. The molecule has 0 saturated carbocycles. The van der Waals surface area contributed by atoms with Gasteiger partial charge < -0.3 is 5.32 Å². The van der Waals surface area contributed by atoms with Gasteiger partial charge in [0.25, 0.3) is 5.91 Å². The van der Waals surface area contributed by atoms with Crippen LogP contribution in [-0.2, 0) is 0 Å². The molecule has 0 bridgehead atoms. The molecule has 12 heteroatoms. The van der Waals surface area contributed by atoms with Gasteiger partial charge in [0.1, 0.15) is 11.5 Å². The fourth-order valence-corrected chi connectivity index (χ4v) is 4.16. The van der Waals surface area contributed by atoms with Gasteiger partial charge in [0, 0.05) is 11.1 Å². The van der Waals surface area contributed by atoms with Gasteiger partial charge in [-0.05, 0) is 30.0 Å². The third kappa shape index (κ3) is 5.45. The summed E-state index contributed by atoms with van der Waals surface area (Å²) in [7, 11) is 0. The van der Waals surface area contributed by atoms with Gasteiger partial charge in [-0.15, -0.1) is 21.5 Å². The van der Waals surface area contributed by atoms with Crippen molar-refractivity contribution in [1.29, 1.82) is 0 Å². The number of hydrogen-bond acceptors (Lipinski definition) is 8. The molecule has 3 aromatic rings. The summed E-state index contributed by atoms with van der Waals surface area (Å²) in [4.78, 5) is 28.2. The fourth-order valence-electron chi connectivity index (χ4n) is 1.83. The number of hydrogen-bond donors (Lipinski definition) is 3. The Kier molecular flexibility index (Phi) is 6.32. The number of carbonyl (C=O) groups is 2. The topological polar surface area (TPSA) is 109 Å². The van der Waals surface area contributed by atoms with Gasteiger partial charge in [-0.25, -0.2) is 14.2 Å². The average molecular weight is 425 g/mol. The third-order valence-electron chi connectivity index (χ3n) is 2.95. The summed E-state index contributed by atoms with van der Waals surface area (Å²) >= 11 is 3.92. The minimum absolute atomic E-state index is 0.150. The first kappa shape index (κ1) is 19.2. The number of aromatic nitrogens is 3. The van der Waals surface area contributed by atoms with Gasteiger partial charge >= 0.3 is 6.03 Å². The number of thioether (sulfide) groups is 1. The second-order valence-corrected chi connectivity index (χ2v) is 8.23. The second kappa shape index (κ2) is 8.88. The highest BCUT2D eigenvalue weighted by molar-refractivity contribution is 8.01. The summed E-state index contributed by atoms with van der Waals surface area (Å²) in [6.45, 7) is 2.00. The van der Waals surface area contributed by atoms with Gasteiger partial charge in [-0.3, -0.25) is 15.4 Å². The number of nitrogens with one attached hydrogen (secondary N) is 3. The van der Waals surface area contributed by atoms with Crippen LogP contribution >= 0.6 is 34.4 Å². The molecule has 0 atom stereocenters. The van der Waals surface area contributed by atoms with Crippen LogP contribution < -0.4 is 16.0 Å². The molecular formula is C15H13FN6O2S3. The van der Waals surface area contributed by atoms with Gasteiger partial charge in [-0.1, -0.05) is 30.0 Å². The minimum atomic E-state index is -0.548. The monoisotopic (exact) mass is 424 g/mol. The maximum absolute atomic E-state index is 12.9. The predicted octanol–water partition coefficient (Wildman–Crippen LogP) is 4.14. The third-order valence-corrected chi connectivity index (χ3v) is 5.57. The van der Waals surface area contributed by atoms with Crippen molar-refractivity contribution in [2.75, 3.05) is 21.7 Å². The molecule has 0 spiro atoms. The predicted molar refractivity (Wildman–Crippen MR) is 105 cm³/mol. The number of nitrogens with zero attached hydrogens (tertiary/aromatic N) is 3. The number of halogens is 1. The number of benzene rings is 1. The van der Waals surface area contributed by atoms with Crippen molar-refractivity contribution in [2.24, 2.45) is 0 Å². The van der Waals surface area contributed by atoms with Crippen LogP contribution in [-0.4, -0.2) is 32.9 Å². The highest BCUT2D eigenvalue weighted by Crippen LogP contribution is 2.25. The molecule has 0 saturated heterocycles. The Hall–Kier alpha value is -2.57. The lowest BCUT2D eigenvalue weighted by atomic mass is 10.3. The maximum Gasteiger partial charge on any atom is 0.325 e. The van der Waals surface area contributed by atoms with Crippen LogP contribution in [0.4, 0.5) is 25.1 Å². The Morgan fingerprint density at radius 2 is 1.89 bits per heavy atom. The van der Waals surface area contributed by atoms with E-state index in [1.807, 2.05) is 6.92 Å². The van der Waals surface area contributed by atoms with Crippen LogP contribution in [0.2, 0.25) is 0 Å². The average Bonchev–Trinajstić information content (AvgIpc) is 3.27. The molecule has 0 fully saturated rings. The summed E-state index contributed by atoms with van der Waals surface area (Å²) < 4.78 is 13.6. The summed E-state index contributed by atoms with van der Waals surface area (Å²) in [5, 5.41) is 17.7. The molecule has 3 N–H and O–H groups in total. The quantitative estimate of drug-likeness (QED) is 0.405. The highest BCUT2D eigenvalue weighted by atomic mass is 32.2. The van der Waals surface area contributed by atoms with E-state index in [0.29, 0.717) is 10.8 Å². The zero-order valence-electron chi connectivity index (χ0n) is 13.9. The minimum Gasteiger partial charge on any atom is -0.308 e. The number of thiazole rings is 1. The standard InChI is InChI=1S/C15H13FN6O2S3/c1-2-25-15-22-21-14(27-15)19-11(23)10-7-26-13(18-10)20-12(24)17-9-5-3-8(16)4-6-9/h3-7H,2H2,1H3,(H,19,21,23)(H2,17,18,20,24). The SMILES string of the molecule is CCSc1nnc(NC(=O)c2csc(NC(=O)Nc3ccc(F)cc3)n2)s1. The van der Waals surface area contributed by atoms with Crippen LogP contribution in [0.3, 0.4) is 0 Å². The molecular weight excluding hydrogens is 411 g/mol. The molecule has 3 amide bonds. The molecule has 2 heterocycles. The maximum atomic E-state index is 12.9. The van der Waals surface area contributed by atoms with E-state index in [1.165, 1.54) is 52.7 Å². The first-order valence-electron chi connectivity index (χ1n) is 7.60. The molecule has 27 heavy (non-hydrogen) atoms. The molecule has 0 aliphatic heterocycles. The van der Waals surface area contributed by atoms with Crippen molar-refractivity contribution >= 4 is 62.3 Å². The van der Waals surface area contributed by atoms with Gasteiger partial charge in [0.05, 0.1) is 0 Å². The molecule has 3 rings (SSSR count). The number of amides is 3. The molecule has 0 unspecified atom stereocenters. The van der Waals surface area contributed by atoms with Crippen molar-refractivity contribution < 1.29 is 14.0 Å². The molecule has 0 aliphatic carbocycles. The van der Waals surface area contributed by atoms with Crippen molar-refractivity contribution in [3.05, 3.63) is 41.2 Å². The molecule has 140 valence electrons. The summed E-state index contributed by atoms with van der Waals surface area (Å²) in [5.41, 5.74) is 0.581. The number of rotatable bonds is 6. The lowest BCUT2D eigenvalue weighted by Crippen LogP contribution is -2.19. The molecule has 1 aromatic carbocycles. The van der Waals surface area contributed by atoms with Gasteiger partial charge in [-0.2, -0.15) is 0 Å². The molecule has 0 aliphatic rings. The Morgan fingerprint density at radius 3 is 2.63 bits per heavy atom. The zero-order chi connectivity index (χ0) is 19.2. The number of urea groups is 1. The first-order valence-corrected chi connectivity index (χ1v) is 10.3. The number of anilines is 3. The van der Waals surface area contributed by atoms with Crippen molar-refractivity contribution in [1.82, 2.24) is 15.2 Å². The van der Waals surface area contributed by atoms with E-state index in [4.69, 9.17) is 0 Å². The summed E-state index contributed by atoms with van der Waals surface area (Å²) in [5.74, 6) is 0.0266. The van der Waals surface area contributed by atoms with Crippen LogP contribution in [0, 0.1) is 5.82 Å². The van der Waals surface area contributed by atoms with Crippen molar-refractivity contribution in [3.63, 3.8) is 0 Å². The molecule has 0 radical (unpaired) electrons.